The Bertz CT molecular complexity index is 1010. The van der Waals surface area contributed by atoms with Crippen molar-refractivity contribution in [1.29, 1.82) is 0 Å². The smallest absolute Gasteiger partial charge is 0.234 e. The van der Waals surface area contributed by atoms with E-state index in [0.717, 1.165) is 5.56 Å². The Hall–Kier alpha value is -1.80. The number of carbonyl (C=O) groups is 1. The lowest BCUT2D eigenvalue weighted by Gasteiger charge is -2.09. The lowest BCUT2D eigenvalue weighted by atomic mass is 10.2. The summed E-state index contributed by atoms with van der Waals surface area (Å²) in [4.78, 5) is 12.3. The Kier molecular flexibility index (Phi) is 6.82. The molecule has 0 fully saturated rings. The molecule has 1 amide bonds. The summed E-state index contributed by atoms with van der Waals surface area (Å²) in [5.41, 5.74) is 1.13. The van der Waals surface area contributed by atoms with Gasteiger partial charge in [0.2, 0.25) is 5.91 Å². The van der Waals surface area contributed by atoms with E-state index in [0.29, 0.717) is 38.3 Å². The Morgan fingerprint density at radius 1 is 1.11 bits per heavy atom. The predicted octanol–water partition coefficient (Wildman–Crippen LogP) is 5.80. The summed E-state index contributed by atoms with van der Waals surface area (Å²) >= 11 is 19.2. The van der Waals surface area contributed by atoms with Crippen molar-refractivity contribution in [3.63, 3.8) is 0 Å². The van der Waals surface area contributed by atoms with Crippen molar-refractivity contribution in [3.8, 4) is 11.4 Å². The molecule has 0 aliphatic heterocycles. The van der Waals surface area contributed by atoms with Gasteiger partial charge in [0, 0.05) is 12.1 Å². The molecular formula is C18H14Cl3FN4OS. The highest BCUT2D eigenvalue weighted by molar-refractivity contribution is 7.99. The van der Waals surface area contributed by atoms with Gasteiger partial charge in [-0.15, -0.1) is 10.2 Å². The Balaban J connectivity index is 1.70. The minimum Gasteiger partial charge on any atom is -0.324 e. The second-order valence-corrected chi connectivity index (χ2v) is 7.80. The highest BCUT2D eigenvalue weighted by Crippen LogP contribution is 2.32. The van der Waals surface area contributed by atoms with Gasteiger partial charge in [0.25, 0.3) is 0 Å². The summed E-state index contributed by atoms with van der Waals surface area (Å²) in [5, 5.41) is 12.5. The summed E-state index contributed by atoms with van der Waals surface area (Å²) < 4.78 is 15.0. The molecule has 1 aromatic heterocycles. The van der Waals surface area contributed by atoms with E-state index < -0.39 is 0 Å². The number of anilines is 1. The van der Waals surface area contributed by atoms with Crippen molar-refractivity contribution in [1.82, 2.24) is 14.8 Å². The van der Waals surface area contributed by atoms with Gasteiger partial charge in [0.15, 0.2) is 11.0 Å². The fraction of sp³-hybridized carbons (Fsp3) is 0.167. The first kappa shape index (κ1) is 20.9. The second-order valence-electron chi connectivity index (χ2n) is 5.64. The van der Waals surface area contributed by atoms with Crippen LogP contribution in [0.2, 0.25) is 15.1 Å². The van der Waals surface area contributed by atoms with E-state index >= 15 is 0 Å². The van der Waals surface area contributed by atoms with Gasteiger partial charge in [-0.1, -0.05) is 46.6 Å². The van der Waals surface area contributed by atoms with E-state index in [-0.39, 0.29) is 17.5 Å². The van der Waals surface area contributed by atoms with Crippen molar-refractivity contribution < 1.29 is 9.18 Å². The Labute approximate surface area is 180 Å². The van der Waals surface area contributed by atoms with E-state index in [1.165, 1.54) is 36.0 Å². The number of hydrogen-bond donors (Lipinski definition) is 1. The van der Waals surface area contributed by atoms with Crippen LogP contribution in [0.3, 0.4) is 0 Å². The largest absolute Gasteiger partial charge is 0.324 e. The fourth-order valence-corrected chi connectivity index (χ4v) is 3.82. The van der Waals surface area contributed by atoms with Crippen molar-refractivity contribution in [2.24, 2.45) is 0 Å². The number of nitrogens with one attached hydrogen (secondary N) is 1. The molecule has 1 heterocycles. The zero-order valence-electron chi connectivity index (χ0n) is 14.5. The number of rotatable bonds is 6. The first-order chi connectivity index (χ1) is 13.4. The number of amides is 1. The molecule has 3 rings (SSSR count). The van der Waals surface area contributed by atoms with Crippen LogP contribution in [-0.4, -0.2) is 26.4 Å². The first-order valence-corrected chi connectivity index (χ1v) is 10.3. The zero-order chi connectivity index (χ0) is 20.3. The molecule has 5 nitrogen and oxygen atoms in total. The van der Waals surface area contributed by atoms with Gasteiger partial charge >= 0.3 is 0 Å². The van der Waals surface area contributed by atoms with Gasteiger partial charge in [-0.2, -0.15) is 0 Å². The molecule has 0 aliphatic rings. The minimum atomic E-state index is -0.321. The molecule has 1 N–H and O–H groups in total. The van der Waals surface area contributed by atoms with Crippen LogP contribution in [0.4, 0.5) is 10.1 Å². The summed E-state index contributed by atoms with van der Waals surface area (Å²) in [6.07, 6.45) is 0. The molecule has 0 saturated heterocycles. The average molecular weight is 460 g/mol. The third-order valence-electron chi connectivity index (χ3n) is 3.75. The van der Waals surface area contributed by atoms with Crippen LogP contribution in [0.1, 0.15) is 6.92 Å². The molecule has 0 bridgehead atoms. The van der Waals surface area contributed by atoms with Gasteiger partial charge in [-0.3, -0.25) is 4.79 Å². The van der Waals surface area contributed by atoms with Crippen molar-refractivity contribution in [2.75, 3.05) is 11.1 Å². The van der Waals surface area contributed by atoms with Gasteiger partial charge in [-0.05, 0) is 43.3 Å². The molecule has 0 aliphatic carbocycles. The molecule has 10 heteroatoms. The number of carbonyl (C=O) groups excluding carboxylic acids is 1. The topological polar surface area (TPSA) is 59.8 Å². The van der Waals surface area contributed by atoms with E-state index in [2.05, 4.69) is 15.5 Å². The zero-order valence-corrected chi connectivity index (χ0v) is 17.6. The third-order valence-corrected chi connectivity index (χ3v) is 5.75. The summed E-state index contributed by atoms with van der Waals surface area (Å²) in [6.45, 7) is 2.54. The number of benzene rings is 2. The monoisotopic (exact) mass is 458 g/mol. The summed E-state index contributed by atoms with van der Waals surface area (Å²) in [6, 6.07) is 8.97. The maximum atomic E-state index is 13.1. The molecule has 146 valence electrons. The standard InChI is InChI=1S/C18H14Cl3FN4OS/c1-2-26-17(10-3-5-11(22)6-4-10)24-25-18(26)28-9-16(27)23-15-8-13(20)12(19)7-14(15)21/h3-8H,2,9H2,1H3,(H,23,27). The summed E-state index contributed by atoms with van der Waals surface area (Å²) in [5.74, 6) is 0.105. The summed E-state index contributed by atoms with van der Waals surface area (Å²) in [7, 11) is 0. The first-order valence-electron chi connectivity index (χ1n) is 8.15. The van der Waals surface area contributed by atoms with Crippen LogP contribution >= 0.6 is 46.6 Å². The molecule has 0 radical (unpaired) electrons. The highest BCUT2D eigenvalue weighted by atomic mass is 35.5. The molecule has 0 spiro atoms. The number of aromatic nitrogens is 3. The maximum Gasteiger partial charge on any atom is 0.234 e. The van der Waals surface area contributed by atoms with Gasteiger partial charge in [-0.25, -0.2) is 4.39 Å². The number of thioether (sulfide) groups is 1. The highest BCUT2D eigenvalue weighted by Gasteiger charge is 2.15. The maximum absolute atomic E-state index is 13.1. The Morgan fingerprint density at radius 3 is 2.46 bits per heavy atom. The molecule has 0 atom stereocenters. The van der Waals surface area contributed by atoms with Crippen LogP contribution in [0.15, 0.2) is 41.6 Å². The number of hydrogen-bond acceptors (Lipinski definition) is 4. The normalized spacial score (nSPS) is 10.9. The van der Waals surface area contributed by atoms with E-state index in [9.17, 15) is 9.18 Å². The fourth-order valence-electron chi connectivity index (χ4n) is 2.43. The minimum absolute atomic E-state index is 0.0954. The van der Waals surface area contributed by atoms with Crippen LogP contribution in [0.5, 0.6) is 0 Å². The van der Waals surface area contributed by atoms with Crippen LogP contribution in [0.25, 0.3) is 11.4 Å². The molecular weight excluding hydrogens is 446 g/mol. The van der Waals surface area contributed by atoms with Crippen LogP contribution in [0, 0.1) is 5.82 Å². The van der Waals surface area contributed by atoms with E-state index in [1.54, 1.807) is 12.1 Å². The lowest BCUT2D eigenvalue weighted by Crippen LogP contribution is -2.15. The molecule has 0 saturated carbocycles. The average Bonchev–Trinajstić information content (AvgIpc) is 3.08. The quantitative estimate of drug-likeness (QED) is 0.374. The third kappa shape index (κ3) is 4.78. The number of nitrogens with zero attached hydrogens (tertiary/aromatic N) is 3. The van der Waals surface area contributed by atoms with E-state index in [4.69, 9.17) is 34.8 Å². The second kappa shape index (κ2) is 9.13. The molecule has 28 heavy (non-hydrogen) atoms. The lowest BCUT2D eigenvalue weighted by molar-refractivity contribution is -0.113. The van der Waals surface area contributed by atoms with Crippen molar-refractivity contribution in [2.45, 2.75) is 18.6 Å². The Morgan fingerprint density at radius 2 is 1.79 bits per heavy atom. The van der Waals surface area contributed by atoms with Gasteiger partial charge < -0.3 is 9.88 Å². The van der Waals surface area contributed by atoms with Crippen molar-refractivity contribution in [3.05, 3.63) is 57.3 Å². The predicted molar refractivity (Wildman–Crippen MR) is 112 cm³/mol. The molecule has 0 unspecified atom stereocenters. The van der Waals surface area contributed by atoms with Crippen LogP contribution < -0.4 is 5.32 Å². The van der Waals surface area contributed by atoms with Gasteiger partial charge in [0.05, 0.1) is 26.5 Å². The number of halogens is 4. The van der Waals surface area contributed by atoms with Gasteiger partial charge in [0.1, 0.15) is 5.82 Å². The van der Waals surface area contributed by atoms with E-state index in [1.807, 2.05) is 11.5 Å². The SMILES string of the molecule is CCn1c(SCC(=O)Nc2cc(Cl)c(Cl)cc2Cl)nnc1-c1ccc(F)cc1. The molecule has 2 aromatic carbocycles. The van der Waals surface area contributed by atoms with Crippen LogP contribution in [-0.2, 0) is 11.3 Å². The molecule has 3 aromatic rings. The van der Waals surface area contributed by atoms with Crippen molar-refractivity contribution >= 4 is 58.2 Å².